The molecule has 2 aromatic carbocycles. The van der Waals surface area contributed by atoms with Crippen LogP contribution in [0.4, 0.5) is 5.69 Å². The zero-order chi connectivity index (χ0) is 16.8. The third kappa shape index (κ3) is 5.54. The van der Waals surface area contributed by atoms with Crippen molar-refractivity contribution in [2.24, 2.45) is 0 Å². The maximum Gasteiger partial charge on any atom is 0.238 e. The van der Waals surface area contributed by atoms with E-state index in [1.807, 2.05) is 13.0 Å². The minimum atomic E-state index is -0.108. The lowest BCUT2D eigenvalue weighted by Crippen LogP contribution is -2.32. The normalized spacial score (nSPS) is 10.8. The average molecular weight is 351 g/mol. The molecule has 0 spiro atoms. The largest absolute Gasteiger partial charge is 0.324 e. The first kappa shape index (κ1) is 17.8. The molecule has 0 aliphatic rings. The van der Waals surface area contributed by atoms with Crippen LogP contribution in [-0.4, -0.2) is 23.9 Å². The standard InChI is InChI=1S/C18H20Cl2N2O/c1-3-22(11-14-6-4-5-13(2)9-14)12-18(23)21-17-10-15(19)7-8-16(17)20/h4-10H,3,11-12H2,1-2H3,(H,21,23). The van der Waals surface area contributed by atoms with E-state index in [4.69, 9.17) is 23.2 Å². The van der Waals surface area contributed by atoms with Crippen molar-refractivity contribution in [2.45, 2.75) is 20.4 Å². The van der Waals surface area contributed by atoms with Gasteiger partial charge in [0.15, 0.2) is 0 Å². The summed E-state index contributed by atoms with van der Waals surface area (Å²) >= 11 is 12.0. The summed E-state index contributed by atoms with van der Waals surface area (Å²) in [6.45, 7) is 5.91. The number of amides is 1. The molecular formula is C18H20Cl2N2O. The number of hydrogen-bond acceptors (Lipinski definition) is 2. The first-order valence-corrected chi connectivity index (χ1v) is 8.26. The fourth-order valence-corrected chi connectivity index (χ4v) is 2.67. The third-order valence-electron chi connectivity index (χ3n) is 3.51. The molecule has 0 fully saturated rings. The molecule has 122 valence electrons. The molecule has 0 unspecified atom stereocenters. The zero-order valence-electron chi connectivity index (χ0n) is 13.3. The summed E-state index contributed by atoms with van der Waals surface area (Å²) in [5.74, 6) is -0.108. The van der Waals surface area contributed by atoms with E-state index in [0.717, 1.165) is 13.1 Å². The van der Waals surface area contributed by atoms with Crippen molar-refractivity contribution in [3.63, 3.8) is 0 Å². The molecule has 0 radical (unpaired) electrons. The number of nitrogens with one attached hydrogen (secondary N) is 1. The van der Waals surface area contributed by atoms with Crippen LogP contribution in [0.15, 0.2) is 42.5 Å². The molecule has 0 saturated carbocycles. The molecule has 0 saturated heterocycles. The number of aryl methyl sites for hydroxylation is 1. The van der Waals surface area contributed by atoms with Gasteiger partial charge in [-0.15, -0.1) is 0 Å². The van der Waals surface area contributed by atoms with Crippen LogP contribution in [-0.2, 0) is 11.3 Å². The van der Waals surface area contributed by atoms with Crippen LogP contribution in [0.5, 0.6) is 0 Å². The molecule has 1 N–H and O–H groups in total. The molecule has 0 bridgehead atoms. The average Bonchev–Trinajstić information content (AvgIpc) is 2.50. The molecule has 3 nitrogen and oxygen atoms in total. The van der Waals surface area contributed by atoms with E-state index in [9.17, 15) is 4.79 Å². The van der Waals surface area contributed by atoms with Crippen LogP contribution in [0.2, 0.25) is 10.0 Å². The van der Waals surface area contributed by atoms with E-state index in [0.29, 0.717) is 22.3 Å². The highest BCUT2D eigenvalue weighted by atomic mass is 35.5. The first-order chi connectivity index (χ1) is 11.0. The van der Waals surface area contributed by atoms with Crippen LogP contribution in [0.3, 0.4) is 0 Å². The van der Waals surface area contributed by atoms with Crippen LogP contribution in [0.1, 0.15) is 18.1 Å². The van der Waals surface area contributed by atoms with E-state index < -0.39 is 0 Å². The number of carbonyl (C=O) groups excluding carboxylic acids is 1. The number of benzene rings is 2. The lowest BCUT2D eigenvalue weighted by atomic mass is 10.1. The number of anilines is 1. The smallest absolute Gasteiger partial charge is 0.238 e. The van der Waals surface area contributed by atoms with Crippen LogP contribution in [0.25, 0.3) is 0 Å². The van der Waals surface area contributed by atoms with Crippen molar-refractivity contribution in [2.75, 3.05) is 18.4 Å². The van der Waals surface area contributed by atoms with Crippen molar-refractivity contribution >= 4 is 34.8 Å². The second kappa shape index (κ2) is 8.34. The lowest BCUT2D eigenvalue weighted by molar-refractivity contribution is -0.117. The molecule has 23 heavy (non-hydrogen) atoms. The van der Waals surface area contributed by atoms with Gasteiger partial charge in [0.2, 0.25) is 5.91 Å². The van der Waals surface area contributed by atoms with Gasteiger partial charge in [0.05, 0.1) is 17.3 Å². The van der Waals surface area contributed by atoms with Crippen LogP contribution in [0, 0.1) is 6.92 Å². The Hall–Kier alpha value is -1.55. The Labute approximate surface area is 147 Å². The number of nitrogens with zero attached hydrogens (tertiary/aromatic N) is 1. The zero-order valence-corrected chi connectivity index (χ0v) is 14.8. The van der Waals surface area contributed by atoms with E-state index in [2.05, 4.69) is 35.3 Å². The minimum Gasteiger partial charge on any atom is -0.324 e. The Morgan fingerprint density at radius 2 is 1.96 bits per heavy atom. The summed E-state index contributed by atoms with van der Waals surface area (Å²) in [7, 11) is 0. The Bertz CT molecular complexity index is 688. The first-order valence-electron chi connectivity index (χ1n) is 7.50. The number of halogens is 2. The maximum atomic E-state index is 12.2. The summed E-state index contributed by atoms with van der Waals surface area (Å²) in [5.41, 5.74) is 2.95. The van der Waals surface area contributed by atoms with Gasteiger partial charge in [0.25, 0.3) is 0 Å². The van der Waals surface area contributed by atoms with E-state index in [1.165, 1.54) is 11.1 Å². The second-order valence-electron chi connectivity index (χ2n) is 5.46. The van der Waals surface area contributed by atoms with Crippen LogP contribution < -0.4 is 5.32 Å². The Kier molecular flexibility index (Phi) is 6.46. The van der Waals surface area contributed by atoms with Crippen LogP contribution >= 0.6 is 23.2 Å². The summed E-state index contributed by atoms with van der Waals surface area (Å²) < 4.78 is 0. The van der Waals surface area contributed by atoms with Crippen molar-refractivity contribution in [1.29, 1.82) is 0 Å². The van der Waals surface area contributed by atoms with Crippen molar-refractivity contribution in [1.82, 2.24) is 4.90 Å². The van der Waals surface area contributed by atoms with Gasteiger partial charge in [-0.2, -0.15) is 0 Å². The third-order valence-corrected chi connectivity index (χ3v) is 4.07. The predicted molar refractivity (Wildman–Crippen MR) is 97.2 cm³/mol. The van der Waals surface area contributed by atoms with Gasteiger partial charge in [-0.1, -0.05) is 60.0 Å². The van der Waals surface area contributed by atoms with Gasteiger partial charge in [-0.3, -0.25) is 9.69 Å². The highest BCUT2D eigenvalue weighted by Gasteiger charge is 2.12. The fraction of sp³-hybridized carbons (Fsp3) is 0.278. The summed E-state index contributed by atoms with van der Waals surface area (Å²) in [6, 6.07) is 13.3. The molecule has 0 aliphatic carbocycles. The molecule has 0 atom stereocenters. The molecule has 2 aromatic rings. The van der Waals surface area contributed by atoms with E-state index in [-0.39, 0.29) is 5.91 Å². The lowest BCUT2D eigenvalue weighted by Gasteiger charge is -2.20. The topological polar surface area (TPSA) is 32.3 Å². The molecular weight excluding hydrogens is 331 g/mol. The number of rotatable bonds is 6. The van der Waals surface area contributed by atoms with E-state index >= 15 is 0 Å². The SMILES string of the molecule is CCN(CC(=O)Nc1cc(Cl)ccc1Cl)Cc1cccc(C)c1. The molecule has 1 amide bonds. The molecule has 5 heteroatoms. The fourth-order valence-electron chi connectivity index (χ4n) is 2.33. The molecule has 0 aromatic heterocycles. The number of carbonyl (C=O) groups is 1. The number of likely N-dealkylation sites (N-methyl/N-ethyl adjacent to an activating group) is 1. The van der Waals surface area contributed by atoms with Crippen molar-refractivity contribution in [3.8, 4) is 0 Å². The molecule has 2 rings (SSSR count). The minimum absolute atomic E-state index is 0.108. The predicted octanol–water partition coefficient (Wildman–Crippen LogP) is 4.76. The van der Waals surface area contributed by atoms with Gasteiger partial charge in [-0.25, -0.2) is 0 Å². The monoisotopic (exact) mass is 350 g/mol. The maximum absolute atomic E-state index is 12.2. The Morgan fingerprint density at radius 1 is 1.17 bits per heavy atom. The quantitative estimate of drug-likeness (QED) is 0.814. The highest BCUT2D eigenvalue weighted by Crippen LogP contribution is 2.25. The summed E-state index contributed by atoms with van der Waals surface area (Å²) in [5, 5.41) is 3.83. The summed E-state index contributed by atoms with van der Waals surface area (Å²) in [6.07, 6.45) is 0. The van der Waals surface area contributed by atoms with Gasteiger partial charge in [0, 0.05) is 11.6 Å². The molecule has 0 aliphatic heterocycles. The van der Waals surface area contributed by atoms with Gasteiger partial charge in [0.1, 0.15) is 0 Å². The second-order valence-corrected chi connectivity index (χ2v) is 6.31. The van der Waals surface area contributed by atoms with Gasteiger partial charge < -0.3 is 5.32 Å². The van der Waals surface area contributed by atoms with Gasteiger partial charge >= 0.3 is 0 Å². The van der Waals surface area contributed by atoms with Gasteiger partial charge in [-0.05, 0) is 37.2 Å². The summed E-state index contributed by atoms with van der Waals surface area (Å²) in [4.78, 5) is 14.3. The Balaban J connectivity index is 1.98. The number of hydrogen-bond donors (Lipinski definition) is 1. The van der Waals surface area contributed by atoms with Crippen molar-refractivity contribution < 1.29 is 4.79 Å². The molecule has 0 heterocycles. The Morgan fingerprint density at radius 3 is 2.65 bits per heavy atom. The highest BCUT2D eigenvalue weighted by molar-refractivity contribution is 6.35. The van der Waals surface area contributed by atoms with Crippen molar-refractivity contribution in [3.05, 3.63) is 63.6 Å². The van der Waals surface area contributed by atoms with E-state index in [1.54, 1.807) is 18.2 Å².